The molecule has 1 spiro atoms. The van der Waals surface area contributed by atoms with E-state index in [0.29, 0.717) is 24.5 Å². The van der Waals surface area contributed by atoms with Crippen molar-refractivity contribution in [3.63, 3.8) is 0 Å². The first kappa shape index (κ1) is 22.4. The summed E-state index contributed by atoms with van der Waals surface area (Å²) in [7, 11) is -0.557. The van der Waals surface area contributed by atoms with Crippen LogP contribution in [0.5, 0.6) is 11.5 Å². The van der Waals surface area contributed by atoms with Crippen molar-refractivity contribution in [2.75, 3.05) is 26.7 Å². The highest BCUT2D eigenvalue weighted by Crippen LogP contribution is 2.39. The summed E-state index contributed by atoms with van der Waals surface area (Å²) in [5.74, 6) is 0.796. The number of likely N-dealkylation sites (tertiary alicyclic amines) is 1. The van der Waals surface area contributed by atoms with Crippen LogP contribution in [0, 0.1) is 0 Å². The van der Waals surface area contributed by atoms with Gasteiger partial charge in [0.25, 0.3) is 5.91 Å². The van der Waals surface area contributed by atoms with Crippen LogP contribution in [0.4, 0.5) is 0 Å². The standard InChI is InChI=1S/C23H25N5O5S/c1-26-16-24-21(25-26)22(29)27-12-11-23(14-27)15-28(13-17-7-9-18(32-2)10-8-17)34(30,31)20-6-4-3-5-19(20)33-23/h3-10,16H,11-15H2,1-2H3/t23-/m1/s1. The lowest BCUT2D eigenvalue weighted by Gasteiger charge is -2.31. The number of rotatable bonds is 4. The molecule has 34 heavy (non-hydrogen) atoms. The van der Waals surface area contributed by atoms with Crippen molar-refractivity contribution in [1.29, 1.82) is 0 Å². The highest BCUT2D eigenvalue weighted by molar-refractivity contribution is 7.89. The second-order valence-corrected chi connectivity index (χ2v) is 10.5. The van der Waals surface area contributed by atoms with E-state index in [2.05, 4.69) is 10.1 Å². The van der Waals surface area contributed by atoms with Gasteiger partial charge in [-0.2, -0.15) is 4.31 Å². The minimum absolute atomic E-state index is 0.107. The third-order valence-corrected chi connectivity index (χ3v) is 8.00. The molecule has 0 bridgehead atoms. The third kappa shape index (κ3) is 4.01. The Morgan fingerprint density at radius 1 is 1.15 bits per heavy atom. The molecule has 1 saturated heterocycles. The number of fused-ring (bicyclic) bond motifs is 1. The van der Waals surface area contributed by atoms with Gasteiger partial charge in [0.1, 0.15) is 28.3 Å². The number of carbonyl (C=O) groups is 1. The van der Waals surface area contributed by atoms with Crippen LogP contribution in [0.15, 0.2) is 59.8 Å². The summed E-state index contributed by atoms with van der Waals surface area (Å²) in [6, 6.07) is 13.9. The number of sulfonamides is 1. The Hall–Kier alpha value is -3.44. The maximum atomic E-state index is 13.6. The van der Waals surface area contributed by atoms with Gasteiger partial charge < -0.3 is 14.4 Å². The van der Waals surface area contributed by atoms with Crippen molar-refractivity contribution in [3.8, 4) is 11.5 Å². The second kappa shape index (κ2) is 8.41. The smallest absolute Gasteiger partial charge is 0.293 e. The van der Waals surface area contributed by atoms with Gasteiger partial charge in [-0.1, -0.05) is 24.3 Å². The number of nitrogens with zero attached hydrogens (tertiary/aromatic N) is 5. The maximum Gasteiger partial charge on any atom is 0.293 e. The first-order valence-electron chi connectivity index (χ1n) is 10.9. The summed E-state index contributed by atoms with van der Waals surface area (Å²) in [6.45, 7) is 0.916. The fraction of sp³-hybridized carbons (Fsp3) is 0.348. The minimum atomic E-state index is -3.84. The normalized spacial score (nSPS) is 21.6. The van der Waals surface area contributed by atoms with Gasteiger partial charge >= 0.3 is 0 Å². The first-order chi connectivity index (χ1) is 16.3. The zero-order valence-electron chi connectivity index (χ0n) is 18.9. The van der Waals surface area contributed by atoms with Gasteiger partial charge in [0.2, 0.25) is 15.8 Å². The Bertz CT molecular complexity index is 1320. The van der Waals surface area contributed by atoms with E-state index in [9.17, 15) is 13.2 Å². The molecule has 2 aliphatic rings. The van der Waals surface area contributed by atoms with E-state index < -0.39 is 15.6 Å². The van der Waals surface area contributed by atoms with E-state index >= 15 is 0 Å². The fourth-order valence-electron chi connectivity index (χ4n) is 4.44. The number of hydrogen-bond acceptors (Lipinski definition) is 7. The van der Waals surface area contributed by atoms with E-state index in [4.69, 9.17) is 9.47 Å². The lowest BCUT2D eigenvalue weighted by molar-refractivity contribution is 0.0505. The Morgan fingerprint density at radius 2 is 1.91 bits per heavy atom. The average Bonchev–Trinajstić information content (AvgIpc) is 3.43. The molecule has 0 saturated carbocycles. The molecular formula is C23H25N5O5S. The summed E-state index contributed by atoms with van der Waals surface area (Å²) in [4.78, 5) is 18.8. The molecule has 0 unspecified atom stereocenters. The van der Waals surface area contributed by atoms with E-state index in [1.165, 1.54) is 15.3 Å². The number of ether oxygens (including phenoxy) is 2. The van der Waals surface area contributed by atoms with E-state index in [-0.39, 0.29) is 36.3 Å². The summed E-state index contributed by atoms with van der Waals surface area (Å²) < 4.78 is 41.8. The van der Waals surface area contributed by atoms with Crippen LogP contribution in [0.2, 0.25) is 0 Å². The van der Waals surface area contributed by atoms with Crippen LogP contribution >= 0.6 is 0 Å². The van der Waals surface area contributed by atoms with E-state index in [1.807, 2.05) is 12.1 Å². The van der Waals surface area contributed by atoms with Crippen LogP contribution in [0.25, 0.3) is 0 Å². The maximum absolute atomic E-state index is 13.6. The zero-order valence-corrected chi connectivity index (χ0v) is 19.7. The Kier molecular flexibility index (Phi) is 5.53. The molecule has 0 N–H and O–H groups in total. The molecule has 1 amide bonds. The van der Waals surface area contributed by atoms with E-state index in [1.54, 1.807) is 55.5 Å². The number of para-hydroxylation sites is 1. The molecule has 2 aromatic carbocycles. The van der Waals surface area contributed by atoms with Crippen molar-refractivity contribution in [3.05, 3.63) is 66.2 Å². The topological polar surface area (TPSA) is 107 Å². The summed E-state index contributed by atoms with van der Waals surface area (Å²) in [5, 5.41) is 4.11. The predicted molar refractivity (Wildman–Crippen MR) is 122 cm³/mol. The van der Waals surface area contributed by atoms with Crippen molar-refractivity contribution in [2.45, 2.75) is 23.5 Å². The lowest BCUT2D eigenvalue weighted by Crippen LogP contribution is -2.49. The van der Waals surface area contributed by atoms with Crippen LogP contribution in [0.1, 0.15) is 22.6 Å². The van der Waals surface area contributed by atoms with Crippen molar-refractivity contribution in [1.82, 2.24) is 24.0 Å². The molecule has 2 aliphatic heterocycles. The molecule has 3 heterocycles. The molecule has 10 nitrogen and oxygen atoms in total. The molecular weight excluding hydrogens is 458 g/mol. The second-order valence-electron chi connectivity index (χ2n) is 8.57. The number of amides is 1. The van der Waals surface area contributed by atoms with Gasteiger partial charge in [0.15, 0.2) is 0 Å². The van der Waals surface area contributed by atoms with Gasteiger partial charge in [-0.3, -0.25) is 9.48 Å². The number of carbonyl (C=O) groups excluding carboxylic acids is 1. The Labute approximate surface area is 197 Å². The molecule has 178 valence electrons. The summed E-state index contributed by atoms with van der Waals surface area (Å²) in [6.07, 6.45) is 1.95. The largest absolute Gasteiger partial charge is 0.497 e. The number of aromatic nitrogens is 3. The minimum Gasteiger partial charge on any atom is -0.497 e. The Balaban J connectivity index is 1.48. The van der Waals surface area contributed by atoms with Crippen molar-refractivity contribution < 1.29 is 22.7 Å². The molecule has 0 aliphatic carbocycles. The van der Waals surface area contributed by atoms with Gasteiger partial charge in [-0.15, -0.1) is 5.10 Å². The summed E-state index contributed by atoms with van der Waals surface area (Å²) in [5.41, 5.74) is -0.0705. The lowest BCUT2D eigenvalue weighted by atomic mass is 10.0. The van der Waals surface area contributed by atoms with Crippen molar-refractivity contribution in [2.24, 2.45) is 7.05 Å². The number of aryl methyl sites for hydroxylation is 1. The van der Waals surface area contributed by atoms with Crippen LogP contribution < -0.4 is 9.47 Å². The van der Waals surface area contributed by atoms with Crippen LogP contribution in [0.3, 0.4) is 0 Å². The predicted octanol–water partition coefficient (Wildman–Crippen LogP) is 1.69. The average molecular weight is 484 g/mol. The molecule has 3 aromatic rings. The van der Waals surface area contributed by atoms with E-state index in [0.717, 1.165) is 5.56 Å². The van der Waals surface area contributed by atoms with Gasteiger partial charge in [-0.25, -0.2) is 13.4 Å². The molecule has 11 heteroatoms. The van der Waals surface area contributed by atoms with Crippen LogP contribution in [-0.4, -0.2) is 70.6 Å². The summed E-state index contributed by atoms with van der Waals surface area (Å²) >= 11 is 0. The highest BCUT2D eigenvalue weighted by Gasteiger charge is 2.49. The van der Waals surface area contributed by atoms with Gasteiger partial charge in [-0.05, 0) is 29.8 Å². The molecule has 1 atom stereocenters. The number of benzene rings is 2. The first-order valence-corrected chi connectivity index (χ1v) is 12.3. The monoisotopic (exact) mass is 483 g/mol. The number of methoxy groups -OCH3 is 1. The third-order valence-electron chi connectivity index (χ3n) is 6.17. The molecule has 5 rings (SSSR count). The molecule has 1 fully saturated rings. The molecule has 0 radical (unpaired) electrons. The van der Waals surface area contributed by atoms with Crippen LogP contribution in [-0.2, 0) is 23.6 Å². The highest BCUT2D eigenvalue weighted by atomic mass is 32.2. The van der Waals surface area contributed by atoms with Gasteiger partial charge in [0, 0.05) is 26.6 Å². The van der Waals surface area contributed by atoms with Gasteiger partial charge in [0.05, 0.1) is 20.2 Å². The Morgan fingerprint density at radius 3 is 2.62 bits per heavy atom. The fourth-order valence-corrected chi connectivity index (χ4v) is 6.06. The van der Waals surface area contributed by atoms with Crippen molar-refractivity contribution >= 4 is 15.9 Å². The molecule has 1 aromatic heterocycles. The number of hydrogen-bond donors (Lipinski definition) is 0. The zero-order chi connectivity index (χ0) is 23.9. The quantitative estimate of drug-likeness (QED) is 0.556. The SMILES string of the molecule is COc1ccc(CN2C[C@]3(CCN(C(=O)c4ncn(C)n4)C3)Oc3ccccc3S2(=O)=O)cc1.